The summed E-state index contributed by atoms with van der Waals surface area (Å²) in [4.78, 5) is 12.3. The van der Waals surface area contributed by atoms with Crippen LogP contribution in [0.25, 0.3) is 0 Å². The molecule has 2 rings (SSSR count). The molecular weight excluding hydrogens is 326 g/mol. The molecule has 0 unspecified atom stereocenters. The molecule has 0 aliphatic carbocycles. The number of carbonyl (C=O) groups excluding carboxylic acids is 1. The Morgan fingerprint density at radius 2 is 1.88 bits per heavy atom. The molecule has 0 aliphatic heterocycles. The summed E-state index contributed by atoms with van der Waals surface area (Å²) < 4.78 is 10.6. The maximum Gasteiger partial charge on any atom is 0.224 e. The molecule has 0 saturated carbocycles. The Bertz CT molecular complexity index is 703. The van der Waals surface area contributed by atoms with Crippen LogP contribution in [0.3, 0.4) is 0 Å². The van der Waals surface area contributed by atoms with Gasteiger partial charge in [0.05, 0.1) is 26.7 Å². The van der Waals surface area contributed by atoms with Crippen LogP contribution in [0.4, 0.5) is 0 Å². The maximum absolute atomic E-state index is 12.3. The number of rotatable bonds is 7. The van der Waals surface area contributed by atoms with Gasteiger partial charge in [0.2, 0.25) is 5.91 Å². The summed E-state index contributed by atoms with van der Waals surface area (Å²) in [6, 6.07) is 12.9. The van der Waals surface area contributed by atoms with E-state index in [2.05, 4.69) is 5.32 Å². The van der Waals surface area contributed by atoms with Crippen LogP contribution in [0.2, 0.25) is 5.02 Å². The second kappa shape index (κ2) is 8.60. The fourth-order valence-electron chi connectivity index (χ4n) is 2.57. The van der Waals surface area contributed by atoms with Gasteiger partial charge in [0.25, 0.3) is 0 Å². The SMILES string of the molecule is CC[C@H](NC(=O)Cc1cccc(Cl)c1)c1ccc(OC)c(OC)c1. The normalized spacial score (nSPS) is 11.7. The van der Waals surface area contributed by atoms with Gasteiger partial charge >= 0.3 is 0 Å². The number of hydrogen-bond acceptors (Lipinski definition) is 3. The molecule has 1 amide bonds. The highest BCUT2D eigenvalue weighted by Crippen LogP contribution is 2.30. The molecule has 2 aromatic carbocycles. The summed E-state index contributed by atoms with van der Waals surface area (Å²) in [5, 5.41) is 3.69. The Labute approximate surface area is 147 Å². The van der Waals surface area contributed by atoms with Crippen molar-refractivity contribution < 1.29 is 14.3 Å². The Balaban J connectivity index is 2.09. The van der Waals surface area contributed by atoms with E-state index in [1.165, 1.54) is 0 Å². The molecule has 128 valence electrons. The Hall–Kier alpha value is -2.20. The van der Waals surface area contributed by atoms with Crippen molar-refractivity contribution in [2.75, 3.05) is 14.2 Å². The van der Waals surface area contributed by atoms with E-state index >= 15 is 0 Å². The lowest BCUT2D eigenvalue weighted by atomic mass is 10.0. The van der Waals surface area contributed by atoms with Crippen LogP contribution in [0.15, 0.2) is 42.5 Å². The van der Waals surface area contributed by atoms with Crippen molar-refractivity contribution in [3.8, 4) is 11.5 Å². The van der Waals surface area contributed by atoms with Crippen molar-refractivity contribution in [3.63, 3.8) is 0 Å². The fraction of sp³-hybridized carbons (Fsp3) is 0.316. The lowest BCUT2D eigenvalue weighted by Gasteiger charge is -2.19. The van der Waals surface area contributed by atoms with Gasteiger partial charge in [0.15, 0.2) is 11.5 Å². The van der Waals surface area contributed by atoms with E-state index in [4.69, 9.17) is 21.1 Å². The molecule has 0 fully saturated rings. The third kappa shape index (κ3) is 4.65. The summed E-state index contributed by atoms with van der Waals surface area (Å²) in [7, 11) is 3.20. The largest absolute Gasteiger partial charge is 0.493 e. The van der Waals surface area contributed by atoms with Gasteiger partial charge in [-0.05, 0) is 41.8 Å². The molecule has 1 N–H and O–H groups in total. The molecule has 0 aromatic heterocycles. The summed E-state index contributed by atoms with van der Waals surface area (Å²) in [5.41, 5.74) is 1.87. The zero-order chi connectivity index (χ0) is 17.5. The van der Waals surface area contributed by atoms with Gasteiger partial charge in [-0.1, -0.05) is 36.7 Å². The lowest BCUT2D eigenvalue weighted by Crippen LogP contribution is -2.29. The standard InChI is InChI=1S/C19H22ClNO3/c1-4-16(14-8-9-17(23-2)18(12-14)24-3)21-19(22)11-13-6-5-7-15(20)10-13/h5-10,12,16H,4,11H2,1-3H3,(H,21,22)/t16-/m0/s1. The quantitative estimate of drug-likeness (QED) is 0.817. The zero-order valence-corrected chi connectivity index (χ0v) is 14.9. The number of carbonyl (C=O) groups is 1. The predicted octanol–water partition coefficient (Wildman–Crippen LogP) is 4.17. The van der Waals surface area contributed by atoms with Crippen LogP contribution in [-0.4, -0.2) is 20.1 Å². The van der Waals surface area contributed by atoms with Gasteiger partial charge in [-0.25, -0.2) is 0 Å². The topological polar surface area (TPSA) is 47.6 Å². The predicted molar refractivity (Wildman–Crippen MR) is 95.9 cm³/mol. The van der Waals surface area contributed by atoms with Crippen molar-refractivity contribution in [2.24, 2.45) is 0 Å². The van der Waals surface area contributed by atoms with Crippen LogP contribution in [0.5, 0.6) is 11.5 Å². The van der Waals surface area contributed by atoms with Crippen LogP contribution in [-0.2, 0) is 11.2 Å². The molecule has 2 aromatic rings. The van der Waals surface area contributed by atoms with Crippen LogP contribution < -0.4 is 14.8 Å². The smallest absolute Gasteiger partial charge is 0.224 e. The molecular formula is C19H22ClNO3. The first kappa shape index (κ1) is 18.1. The summed E-state index contributed by atoms with van der Waals surface area (Å²) in [6.45, 7) is 2.03. The highest BCUT2D eigenvalue weighted by Gasteiger charge is 2.15. The second-order valence-electron chi connectivity index (χ2n) is 5.45. The first-order chi connectivity index (χ1) is 11.6. The van der Waals surface area contributed by atoms with Gasteiger partial charge in [0.1, 0.15) is 0 Å². The third-order valence-corrected chi connectivity index (χ3v) is 4.04. The van der Waals surface area contributed by atoms with Crippen LogP contribution in [0, 0.1) is 0 Å². The molecule has 0 aliphatic rings. The van der Waals surface area contributed by atoms with Crippen molar-refractivity contribution in [3.05, 3.63) is 58.6 Å². The number of amides is 1. The van der Waals surface area contributed by atoms with E-state index < -0.39 is 0 Å². The van der Waals surface area contributed by atoms with E-state index in [-0.39, 0.29) is 11.9 Å². The highest BCUT2D eigenvalue weighted by atomic mass is 35.5. The first-order valence-corrected chi connectivity index (χ1v) is 8.21. The molecule has 4 nitrogen and oxygen atoms in total. The number of methoxy groups -OCH3 is 2. The molecule has 0 bridgehead atoms. The maximum atomic E-state index is 12.3. The third-order valence-electron chi connectivity index (χ3n) is 3.81. The lowest BCUT2D eigenvalue weighted by molar-refractivity contribution is -0.121. The summed E-state index contributed by atoms with van der Waals surface area (Å²) in [5.74, 6) is 1.28. The van der Waals surface area contributed by atoms with Crippen LogP contribution >= 0.6 is 11.6 Å². The van der Waals surface area contributed by atoms with E-state index in [1.54, 1.807) is 26.4 Å². The Morgan fingerprint density at radius 1 is 1.12 bits per heavy atom. The molecule has 0 heterocycles. The van der Waals surface area contributed by atoms with Crippen LogP contribution in [0.1, 0.15) is 30.5 Å². The number of benzene rings is 2. The average molecular weight is 348 g/mol. The average Bonchev–Trinajstić information content (AvgIpc) is 2.59. The number of ether oxygens (including phenoxy) is 2. The van der Waals surface area contributed by atoms with Gasteiger partial charge in [-0.3, -0.25) is 4.79 Å². The fourth-order valence-corrected chi connectivity index (χ4v) is 2.78. The second-order valence-corrected chi connectivity index (χ2v) is 5.89. The molecule has 5 heteroatoms. The van der Waals surface area contributed by atoms with Crippen molar-refractivity contribution in [2.45, 2.75) is 25.8 Å². The minimum absolute atomic E-state index is 0.0427. The Kier molecular flexibility index (Phi) is 6.50. The zero-order valence-electron chi connectivity index (χ0n) is 14.1. The summed E-state index contributed by atoms with van der Waals surface area (Å²) >= 11 is 5.96. The van der Waals surface area contributed by atoms with Gasteiger partial charge in [0, 0.05) is 5.02 Å². The van der Waals surface area contributed by atoms with Gasteiger partial charge in [-0.2, -0.15) is 0 Å². The minimum Gasteiger partial charge on any atom is -0.493 e. The number of halogens is 1. The van der Waals surface area contributed by atoms with E-state index in [9.17, 15) is 4.79 Å². The van der Waals surface area contributed by atoms with Gasteiger partial charge < -0.3 is 14.8 Å². The van der Waals surface area contributed by atoms with Gasteiger partial charge in [-0.15, -0.1) is 0 Å². The van der Waals surface area contributed by atoms with E-state index in [0.29, 0.717) is 22.9 Å². The minimum atomic E-state index is -0.0866. The molecule has 0 radical (unpaired) electrons. The highest BCUT2D eigenvalue weighted by molar-refractivity contribution is 6.30. The summed E-state index contributed by atoms with van der Waals surface area (Å²) in [6.07, 6.45) is 1.07. The van der Waals surface area contributed by atoms with Crippen molar-refractivity contribution >= 4 is 17.5 Å². The first-order valence-electron chi connectivity index (χ1n) is 7.83. The van der Waals surface area contributed by atoms with Crippen molar-refractivity contribution in [1.29, 1.82) is 0 Å². The number of nitrogens with one attached hydrogen (secondary N) is 1. The van der Waals surface area contributed by atoms with E-state index in [1.807, 2.05) is 37.3 Å². The molecule has 24 heavy (non-hydrogen) atoms. The van der Waals surface area contributed by atoms with Crippen molar-refractivity contribution in [1.82, 2.24) is 5.32 Å². The molecule has 1 atom stereocenters. The monoisotopic (exact) mass is 347 g/mol. The Morgan fingerprint density at radius 3 is 2.50 bits per heavy atom. The molecule has 0 saturated heterocycles. The number of hydrogen-bond donors (Lipinski definition) is 1. The van der Waals surface area contributed by atoms with E-state index in [0.717, 1.165) is 17.5 Å². The molecule has 0 spiro atoms.